The molecule has 1 N–H and O–H groups in total. The lowest BCUT2D eigenvalue weighted by atomic mass is 10.1. The molecule has 1 heterocycles. The van der Waals surface area contributed by atoms with E-state index in [2.05, 4.69) is 10.4 Å². The number of carbonyl (C=O) groups is 3. The monoisotopic (exact) mass is 439 g/mol. The second-order valence-corrected chi connectivity index (χ2v) is 7.59. The van der Waals surface area contributed by atoms with E-state index in [-0.39, 0.29) is 30.6 Å². The third-order valence-electron chi connectivity index (χ3n) is 5.15. The number of rotatable bonds is 8. The molecule has 1 aliphatic rings. The van der Waals surface area contributed by atoms with Crippen LogP contribution in [-0.4, -0.2) is 41.2 Å². The minimum Gasteiger partial charge on any atom is -0.453 e. The summed E-state index contributed by atoms with van der Waals surface area (Å²) < 4.78 is 18.2. The Balaban J connectivity index is 1.43. The first kappa shape index (κ1) is 23.1. The number of hydrazone groups is 1. The van der Waals surface area contributed by atoms with E-state index >= 15 is 0 Å². The maximum absolute atomic E-state index is 13.0. The summed E-state index contributed by atoms with van der Waals surface area (Å²) in [5.74, 6) is -1.74. The fraction of sp³-hybridized carbons (Fsp3) is 0.333. The van der Waals surface area contributed by atoms with Gasteiger partial charge in [-0.1, -0.05) is 42.5 Å². The van der Waals surface area contributed by atoms with Crippen LogP contribution in [0.1, 0.15) is 50.3 Å². The Morgan fingerprint density at radius 2 is 1.75 bits per heavy atom. The third-order valence-corrected chi connectivity index (χ3v) is 5.15. The predicted octanol–water partition coefficient (Wildman–Crippen LogP) is 3.35. The number of carbonyl (C=O) groups excluding carboxylic acids is 3. The van der Waals surface area contributed by atoms with Gasteiger partial charge in [0.1, 0.15) is 5.82 Å². The molecule has 1 aliphatic heterocycles. The quantitative estimate of drug-likeness (QED) is 0.639. The minimum atomic E-state index is -1.02. The Kier molecular flexibility index (Phi) is 7.70. The lowest BCUT2D eigenvalue weighted by molar-refractivity contribution is -0.156. The molecule has 8 heteroatoms. The molecule has 0 aliphatic carbocycles. The number of ether oxygens (including phenoxy) is 1. The van der Waals surface area contributed by atoms with Crippen LogP contribution in [0.2, 0.25) is 0 Å². The van der Waals surface area contributed by atoms with E-state index in [1.807, 2.05) is 30.3 Å². The van der Waals surface area contributed by atoms with Crippen molar-refractivity contribution in [3.05, 3.63) is 71.5 Å². The number of halogens is 1. The van der Waals surface area contributed by atoms with Crippen molar-refractivity contribution < 1.29 is 23.5 Å². The Morgan fingerprint density at radius 3 is 2.44 bits per heavy atom. The lowest BCUT2D eigenvalue weighted by Crippen LogP contribution is -2.37. The summed E-state index contributed by atoms with van der Waals surface area (Å²) >= 11 is 0. The van der Waals surface area contributed by atoms with Crippen molar-refractivity contribution in [1.29, 1.82) is 0 Å². The number of nitrogens with zero attached hydrogens (tertiary/aromatic N) is 2. The summed E-state index contributed by atoms with van der Waals surface area (Å²) in [5.41, 5.74) is 2.53. The van der Waals surface area contributed by atoms with Crippen LogP contribution in [0.5, 0.6) is 0 Å². The lowest BCUT2D eigenvalue weighted by Gasteiger charge is -2.18. The highest BCUT2D eigenvalue weighted by atomic mass is 19.1. The highest BCUT2D eigenvalue weighted by molar-refractivity contribution is 6.02. The van der Waals surface area contributed by atoms with Gasteiger partial charge in [0.2, 0.25) is 5.91 Å². The first-order valence-corrected chi connectivity index (χ1v) is 10.5. The number of benzene rings is 2. The van der Waals surface area contributed by atoms with E-state index in [0.29, 0.717) is 13.0 Å². The van der Waals surface area contributed by atoms with Gasteiger partial charge in [-0.3, -0.25) is 14.4 Å². The molecule has 0 fully saturated rings. The minimum absolute atomic E-state index is 0.0509. The van der Waals surface area contributed by atoms with Crippen molar-refractivity contribution in [2.24, 2.45) is 5.10 Å². The van der Waals surface area contributed by atoms with E-state index in [1.54, 1.807) is 19.1 Å². The second kappa shape index (κ2) is 10.7. The number of hydrogen-bond donors (Lipinski definition) is 1. The average molecular weight is 439 g/mol. The molecular weight excluding hydrogens is 413 g/mol. The number of nitrogens with one attached hydrogen (secondary N) is 1. The summed E-state index contributed by atoms with van der Waals surface area (Å²) in [6.07, 6.45) is -0.555. The van der Waals surface area contributed by atoms with Crippen molar-refractivity contribution in [2.45, 2.75) is 45.3 Å². The normalized spacial score (nSPS) is 15.0. The average Bonchev–Trinajstić information content (AvgIpc) is 3.29. The Morgan fingerprint density at radius 1 is 1.06 bits per heavy atom. The predicted molar refractivity (Wildman–Crippen MR) is 117 cm³/mol. The Hall–Kier alpha value is -3.55. The molecule has 0 radical (unpaired) electrons. The standard InChI is InChI=1S/C24H26FN3O4/c1-16(18-8-10-20(25)11-9-18)26-24(31)17(2)32-23(30)13-12-22(29)28-15-14-21(27-28)19-6-4-3-5-7-19/h3-11,16-17H,12-15H2,1-2H3,(H,26,31)/t16-,17+/m1/s1. The first-order valence-electron chi connectivity index (χ1n) is 10.5. The van der Waals surface area contributed by atoms with E-state index < -0.39 is 18.0 Å². The smallest absolute Gasteiger partial charge is 0.307 e. The zero-order valence-electron chi connectivity index (χ0n) is 18.1. The molecule has 2 atom stereocenters. The van der Waals surface area contributed by atoms with E-state index in [0.717, 1.165) is 16.8 Å². The van der Waals surface area contributed by atoms with Gasteiger partial charge in [0.05, 0.1) is 24.7 Å². The van der Waals surface area contributed by atoms with E-state index in [4.69, 9.17) is 4.74 Å². The zero-order valence-corrected chi connectivity index (χ0v) is 18.1. The van der Waals surface area contributed by atoms with Gasteiger partial charge in [0.15, 0.2) is 6.10 Å². The highest BCUT2D eigenvalue weighted by Gasteiger charge is 2.24. The van der Waals surface area contributed by atoms with Crippen LogP contribution in [0.4, 0.5) is 4.39 Å². The largest absolute Gasteiger partial charge is 0.453 e. The van der Waals surface area contributed by atoms with Crippen molar-refractivity contribution in [3.63, 3.8) is 0 Å². The topological polar surface area (TPSA) is 88.1 Å². The fourth-order valence-corrected chi connectivity index (χ4v) is 3.28. The van der Waals surface area contributed by atoms with Gasteiger partial charge in [-0.2, -0.15) is 5.10 Å². The molecule has 0 saturated carbocycles. The van der Waals surface area contributed by atoms with Crippen molar-refractivity contribution in [1.82, 2.24) is 10.3 Å². The van der Waals surface area contributed by atoms with Crippen molar-refractivity contribution in [3.8, 4) is 0 Å². The van der Waals surface area contributed by atoms with Crippen LogP contribution >= 0.6 is 0 Å². The Bertz CT molecular complexity index is 992. The molecule has 7 nitrogen and oxygen atoms in total. The summed E-state index contributed by atoms with van der Waals surface area (Å²) in [4.78, 5) is 36.8. The summed E-state index contributed by atoms with van der Waals surface area (Å²) in [6, 6.07) is 15.0. The zero-order chi connectivity index (χ0) is 23.1. The van der Waals surface area contributed by atoms with Crippen LogP contribution in [0, 0.1) is 5.82 Å². The van der Waals surface area contributed by atoms with Crippen molar-refractivity contribution >= 4 is 23.5 Å². The Labute approximate surface area is 186 Å². The first-order chi connectivity index (χ1) is 15.3. The number of hydrogen-bond acceptors (Lipinski definition) is 5. The molecule has 0 spiro atoms. The summed E-state index contributed by atoms with van der Waals surface area (Å²) in [5, 5.41) is 8.44. The van der Waals surface area contributed by atoms with Crippen molar-refractivity contribution in [2.75, 3.05) is 6.54 Å². The summed E-state index contributed by atoms with van der Waals surface area (Å²) in [7, 11) is 0. The van der Waals surface area contributed by atoms with E-state index in [9.17, 15) is 18.8 Å². The molecule has 0 aromatic heterocycles. The van der Waals surface area contributed by atoms with Crippen LogP contribution in [0.15, 0.2) is 59.7 Å². The summed E-state index contributed by atoms with van der Waals surface area (Å²) in [6.45, 7) is 3.68. The molecule has 3 rings (SSSR count). The highest BCUT2D eigenvalue weighted by Crippen LogP contribution is 2.16. The van der Waals surface area contributed by atoms with Gasteiger partial charge in [0.25, 0.3) is 5.91 Å². The molecule has 168 valence electrons. The third kappa shape index (κ3) is 6.23. The molecule has 0 unspecified atom stereocenters. The van der Waals surface area contributed by atoms with Gasteiger partial charge >= 0.3 is 5.97 Å². The van der Waals surface area contributed by atoms with Gasteiger partial charge in [-0.25, -0.2) is 9.40 Å². The fourth-order valence-electron chi connectivity index (χ4n) is 3.28. The number of amides is 2. The van der Waals surface area contributed by atoms with Gasteiger partial charge in [0, 0.05) is 12.8 Å². The molecule has 0 bridgehead atoms. The van der Waals surface area contributed by atoms with E-state index in [1.165, 1.54) is 24.1 Å². The van der Waals surface area contributed by atoms with Crippen LogP contribution in [0.3, 0.4) is 0 Å². The maximum Gasteiger partial charge on any atom is 0.307 e. The second-order valence-electron chi connectivity index (χ2n) is 7.59. The SMILES string of the molecule is C[C@H](OC(=O)CCC(=O)N1CCC(c2ccccc2)=N1)C(=O)N[C@H](C)c1ccc(F)cc1. The number of esters is 1. The van der Waals surface area contributed by atoms with Gasteiger partial charge < -0.3 is 10.1 Å². The molecule has 2 aromatic carbocycles. The molecule has 32 heavy (non-hydrogen) atoms. The van der Waals surface area contributed by atoms with Gasteiger partial charge in [-0.15, -0.1) is 0 Å². The van der Waals surface area contributed by atoms with Crippen LogP contribution < -0.4 is 5.32 Å². The van der Waals surface area contributed by atoms with Crippen LogP contribution in [-0.2, 0) is 19.1 Å². The molecule has 2 amide bonds. The molecule has 2 aromatic rings. The maximum atomic E-state index is 13.0. The van der Waals surface area contributed by atoms with Crippen LogP contribution in [0.25, 0.3) is 0 Å². The molecular formula is C24H26FN3O4. The van der Waals surface area contributed by atoms with Gasteiger partial charge in [-0.05, 0) is 37.1 Å². The molecule has 0 saturated heterocycles.